The van der Waals surface area contributed by atoms with Gasteiger partial charge < -0.3 is 10.2 Å². The summed E-state index contributed by atoms with van der Waals surface area (Å²) in [6, 6.07) is 10.5. The molecule has 2 aromatic rings. The zero-order chi connectivity index (χ0) is 20.7. The predicted molar refractivity (Wildman–Crippen MR) is 110 cm³/mol. The summed E-state index contributed by atoms with van der Waals surface area (Å²) in [5, 5.41) is 3.53. The molecule has 0 aromatic heterocycles. The third-order valence-electron chi connectivity index (χ3n) is 4.37. The van der Waals surface area contributed by atoms with Gasteiger partial charge in [0.05, 0.1) is 16.5 Å². The van der Waals surface area contributed by atoms with Crippen molar-refractivity contribution in [2.24, 2.45) is 0 Å². The first-order valence-electron chi connectivity index (χ1n) is 9.11. The number of amides is 2. The van der Waals surface area contributed by atoms with Crippen molar-refractivity contribution >= 4 is 35.0 Å². The molecule has 0 radical (unpaired) electrons. The molecule has 7 heteroatoms. The fraction of sp³-hybridized carbons (Fsp3) is 0.333. The lowest BCUT2D eigenvalue weighted by atomic mass is 10.1. The maximum Gasteiger partial charge on any atom is 0.242 e. The van der Waals surface area contributed by atoms with Crippen LogP contribution in [0.5, 0.6) is 0 Å². The minimum atomic E-state index is -0.673. The second kappa shape index (κ2) is 10.4. The molecule has 150 valence electrons. The first-order chi connectivity index (χ1) is 13.4. The second-order valence-electron chi connectivity index (χ2n) is 6.36. The summed E-state index contributed by atoms with van der Waals surface area (Å²) in [5.74, 6) is -1.03. The van der Waals surface area contributed by atoms with Crippen LogP contribution in [-0.2, 0) is 22.6 Å². The number of nitrogens with zero attached hydrogens (tertiary/aromatic N) is 1. The van der Waals surface area contributed by atoms with Crippen molar-refractivity contribution < 1.29 is 14.0 Å². The molecular weight excluding hydrogens is 402 g/mol. The normalized spacial score (nSPS) is 11.8. The molecule has 0 aliphatic carbocycles. The van der Waals surface area contributed by atoms with Crippen molar-refractivity contribution in [3.63, 3.8) is 0 Å². The highest BCUT2D eigenvalue weighted by atomic mass is 35.5. The van der Waals surface area contributed by atoms with Crippen LogP contribution < -0.4 is 5.32 Å². The van der Waals surface area contributed by atoms with Gasteiger partial charge in [-0.3, -0.25) is 9.59 Å². The lowest BCUT2D eigenvalue weighted by molar-refractivity contribution is -0.140. The monoisotopic (exact) mass is 424 g/mol. The SMILES string of the molecule is CCNC(=O)[C@H](CC)N(Cc1ccc(Cl)c(Cl)c1)C(=O)Cc1ccccc1F. The molecule has 1 N–H and O–H groups in total. The highest BCUT2D eigenvalue weighted by Gasteiger charge is 2.28. The molecule has 4 nitrogen and oxygen atoms in total. The first-order valence-corrected chi connectivity index (χ1v) is 9.87. The van der Waals surface area contributed by atoms with E-state index in [-0.39, 0.29) is 30.3 Å². The Morgan fingerprint density at radius 1 is 1.11 bits per heavy atom. The van der Waals surface area contributed by atoms with Gasteiger partial charge in [0.15, 0.2) is 0 Å². The number of halogens is 3. The molecule has 0 aliphatic heterocycles. The lowest BCUT2D eigenvalue weighted by Crippen LogP contribution is -2.49. The molecule has 0 heterocycles. The van der Waals surface area contributed by atoms with Gasteiger partial charge in [-0.25, -0.2) is 4.39 Å². The minimum Gasteiger partial charge on any atom is -0.355 e. The largest absolute Gasteiger partial charge is 0.355 e. The number of nitrogens with one attached hydrogen (secondary N) is 1. The van der Waals surface area contributed by atoms with E-state index in [1.165, 1.54) is 11.0 Å². The molecule has 0 spiro atoms. The molecule has 0 saturated carbocycles. The average molecular weight is 425 g/mol. The third kappa shape index (κ3) is 5.69. The maximum atomic E-state index is 14.0. The molecule has 0 saturated heterocycles. The second-order valence-corrected chi connectivity index (χ2v) is 7.17. The summed E-state index contributed by atoms with van der Waals surface area (Å²) >= 11 is 12.1. The van der Waals surface area contributed by atoms with E-state index >= 15 is 0 Å². The van der Waals surface area contributed by atoms with Gasteiger partial charge in [0, 0.05) is 13.1 Å². The standard InChI is InChI=1S/C21H23Cl2FN2O2/c1-3-19(21(28)25-4-2)26(13-14-9-10-16(22)17(23)11-14)20(27)12-15-7-5-6-8-18(15)24/h5-11,19H,3-4,12-13H2,1-2H3,(H,25,28)/t19-/m0/s1. The van der Waals surface area contributed by atoms with Crippen molar-refractivity contribution in [1.82, 2.24) is 10.2 Å². The van der Waals surface area contributed by atoms with Crippen molar-refractivity contribution in [1.29, 1.82) is 0 Å². The highest BCUT2D eigenvalue weighted by Crippen LogP contribution is 2.24. The molecule has 0 unspecified atom stereocenters. The van der Waals surface area contributed by atoms with Gasteiger partial charge >= 0.3 is 0 Å². The van der Waals surface area contributed by atoms with E-state index in [1.54, 1.807) is 36.4 Å². The van der Waals surface area contributed by atoms with Gasteiger partial charge in [-0.2, -0.15) is 0 Å². The summed E-state index contributed by atoms with van der Waals surface area (Å²) < 4.78 is 14.0. The van der Waals surface area contributed by atoms with Crippen LogP contribution in [0.2, 0.25) is 10.0 Å². The first kappa shape index (κ1) is 22.2. The Morgan fingerprint density at radius 3 is 2.43 bits per heavy atom. The van der Waals surface area contributed by atoms with E-state index in [9.17, 15) is 14.0 Å². The zero-order valence-corrected chi connectivity index (χ0v) is 17.4. The Bertz CT molecular complexity index is 845. The van der Waals surface area contributed by atoms with Gasteiger partial charge in [-0.15, -0.1) is 0 Å². The van der Waals surface area contributed by atoms with Crippen molar-refractivity contribution in [3.05, 3.63) is 69.5 Å². The van der Waals surface area contributed by atoms with Crippen molar-refractivity contribution in [3.8, 4) is 0 Å². The van der Waals surface area contributed by atoms with E-state index in [0.717, 1.165) is 5.56 Å². The Labute approximate surface area is 174 Å². The van der Waals surface area contributed by atoms with Crippen LogP contribution in [0.3, 0.4) is 0 Å². The topological polar surface area (TPSA) is 49.4 Å². The number of hydrogen-bond donors (Lipinski definition) is 1. The molecule has 2 amide bonds. The number of carbonyl (C=O) groups excluding carboxylic acids is 2. The molecule has 0 aliphatic rings. The van der Waals surface area contributed by atoms with E-state index in [1.807, 2.05) is 13.8 Å². The smallest absolute Gasteiger partial charge is 0.242 e. The number of benzene rings is 2. The Hall–Kier alpha value is -2.11. The van der Waals surface area contributed by atoms with Gasteiger partial charge in [-0.1, -0.05) is 54.4 Å². The number of carbonyl (C=O) groups is 2. The van der Waals surface area contributed by atoms with Crippen LogP contribution in [0.4, 0.5) is 4.39 Å². The summed E-state index contributed by atoms with van der Waals surface area (Å²) in [4.78, 5) is 27.0. The predicted octanol–water partition coefficient (Wildman–Crippen LogP) is 4.62. The quantitative estimate of drug-likeness (QED) is 0.671. The third-order valence-corrected chi connectivity index (χ3v) is 5.11. The number of rotatable bonds is 8. The maximum absolute atomic E-state index is 14.0. The van der Waals surface area contributed by atoms with Gasteiger partial charge in [0.1, 0.15) is 11.9 Å². The van der Waals surface area contributed by atoms with Crippen LogP contribution >= 0.6 is 23.2 Å². The molecule has 0 bridgehead atoms. The van der Waals surface area contributed by atoms with Crippen LogP contribution in [0.1, 0.15) is 31.4 Å². The fourth-order valence-electron chi connectivity index (χ4n) is 2.95. The fourth-order valence-corrected chi connectivity index (χ4v) is 3.27. The zero-order valence-electron chi connectivity index (χ0n) is 15.8. The highest BCUT2D eigenvalue weighted by molar-refractivity contribution is 6.42. The van der Waals surface area contributed by atoms with Gasteiger partial charge in [0.25, 0.3) is 0 Å². The Kier molecular flexibility index (Phi) is 8.27. The molecular formula is C21H23Cl2FN2O2. The Morgan fingerprint density at radius 2 is 1.82 bits per heavy atom. The van der Waals surface area contributed by atoms with Crippen molar-refractivity contribution in [2.75, 3.05) is 6.54 Å². The van der Waals surface area contributed by atoms with Crippen molar-refractivity contribution in [2.45, 2.75) is 39.3 Å². The summed E-state index contributed by atoms with van der Waals surface area (Å²) in [6.07, 6.45) is 0.292. The lowest BCUT2D eigenvalue weighted by Gasteiger charge is -2.30. The summed E-state index contributed by atoms with van der Waals surface area (Å²) in [7, 11) is 0. The summed E-state index contributed by atoms with van der Waals surface area (Å²) in [5.41, 5.74) is 1.02. The molecule has 1 atom stereocenters. The van der Waals surface area contributed by atoms with Gasteiger partial charge in [0.2, 0.25) is 11.8 Å². The molecule has 2 rings (SSSR count). The van der Waals surface area contributed by atoms with Crippen LogP contribution in [0.15, 0.2) is 42.5 Å². The number of likely N-dealkylation sites (N-methyl/N-ethyl adjacent to an activating group) is 1. The average Bonchev–Trinajstić information content (AvgIpc) is 2.66. The van der Waals surface area contributed by atoms with E-state index in [2.05, 4.69) is 5.32 Å². The van der Waals surface area contributed by atoms with Gasteiger partial charge in [-0.05, 0) is 42.7 Å². The minimum absolute atomic E-state index is 0.135. The molecule has 0 fully saturated rings. The number of hydrogen-bond acceptors (Lipinski definition) is 2. The van der Waals surface area contributed by atoms with Crippen LogP contribution in [0.25, 0.3) is 0 Å². The Balaban J connectivity index is 2.33. The van der Waals surface area contributed by atoms with E-state index in [0.29, 0.717) is 23.0 Å². The van der Waals surface area contributed by atoms with E-state index < -0.39 is 11.9 Å². The van der Waals surface area contributed by atoms with Crippen LogP contribution in [0, 0.1) is 5.82 Å². The summed E-state index contributed by atoms with van der Waals surface area (Å²) in [6.45, 7) is 4.27. The van der Waals surface area contributed by atoms with E-state index in [4.69, 9.17) is 23.2 Å². The van der Waals surface area contributed by atoms with Crippen LogP contribution in [-0.4, -0.2) is 29.3 Å². The molecule has 28 heavy (non-hydrogen) atoms. The molecule has 2 aromatic carbocycles.